The lowest BCUT2D eigenvalue weighted by molar-refractivity contribution is -0.114. The highest BCUT2D eigenvalue weighted by Crippen LogP contribution is 2.25. The first-order chi connectivity index (χ1) is 16.7. The largest absolute Gasteiger partial charge is 0.318 e. The molecule has 0 radical (unpaired) electrons. The van der Waals surface area contributed by atoms with E-state index in [1.807, 2.05) is 6.07 Å². The number of carbonyl (C=O) groups is 1. The van der Waals surface area contributed by atoms with E-state index < -0.39 is 28.0 Å². The summed E-state index contributed by atoms with van der Waals surface area (Å²) in [4.78, 5) is 26.3. The van der Waals surface area contributed by atoms with E-state index in [0.29, 0.717) is 16.4 Å². The molecule has 0 aliphatic rings. The molecule has 1 N–H and O–H groups in total. The third-order valence-corrected chi connectivity index (χ3v) is 7.59. The van der Waals surface area contributed by atoms with Gasteiger partial charge in [0.15, 0.2) is 0 Å². The van der Waals surface area contributed by atoms with Gasteiger partial charge in [0.05, 0.1) is 22.0 Å². The van der Waals surface area contributed by atoms with E-state index in [1.165, 1.54) is 28.9 Å². The topological polar surface area (TPSA) is 93.4 Å². The van der Waals surface area contributed by atoms with Crippen LogP contribution >= 0.6 is 11.6 Å². The Balaban J connectivity index is 1.68. The standard InChI is InChI=1S/C25H23ClN4O4S/c1-18-24(25(32)30(28(18)2)21-9-5-3-6-10-21)27-23(31)17-29(20-15-13-19(26)14-16-20)35(33,34)22-11-7-4-8-12-22/h3-16H,17H2,1-2H3,(H,27,31). The zero-order chi connectivity index (χ0) is 25.2. The van der Waals surface area contributed by atoms with E-state index in [9.17, 15) is 18.0 Å². The Morgan fingerprint density at radius 3 is 2.11 bits per heavy atom. The van der Waals surface area contributed by atoms with Crippen LogP contribution in [0.25, 0.3) is 5.69 Å². The molecule has 0 saturated heterocycles. The summed E-state index contributed by atoms with van der Waals surface area (Å²) in [5, 5.41) is 3.05. The lowest BCUT2D eigenvalue weighted by Crippen LogP contribution is -2.38. The predicted molar refractivity (Wildman–Crippen MR) is 137 cm³/mol. The number of anilines is 2. The second-order valence-electron chi connectivity index (χ2n) is 7.79. The van der Waals surface area contributed by atoms with Gasteiger partial charge >= 0.3 is 0 Å². The molecule has 8 nitrogen and oxygen atoms in total. The molecule has 0 spiro atoms. The summed E-state index contributed by atoms with van der Waals surface area (Å²) in [5.41, 5.74) is 1.08. The van der Waals surface area contributed by atoms with Gasteiger partial charge in [-0.15, -0.1) is 0 Å². The average Bonchev–Trinajstić information content (AvgIpc) is 3.07. The molecule has 10 heteroatoms. The zero-order valence-corrected chi connectivity index (χ0v) is 20.6. The number of halogens is 1. The number of nitrogens with zero attached hydrogens (tertiary/aromatic N) is 3. The fraction of sp³-hybridized carbons (Fsp3) is 0.120. The minimum atomic E-state index is -4.08. The SMILES string of the molecule is Cc1c(NC(=O)CN(c2ccc(Cl)cc2)S(=O)(=O)c2ccccc2)c(=O)n(-c2ccccc2)n1C. The van der Waals surface area contributed by atoms with Crippen molar-refractivity contribution in [3.05, 3.63) is 106 Å². The summed E-state index contributed by atoms with van der Waals surface area (Å²) >= 11 is 5.98. The lowest BCUT2D eigenvalue weighted by Gasteiger charge is -2.24. The summed E-state index contributed by atoms with van der Waals surface area (Å²) in [6, 6.07) is 23.0. The van der Waals surface area contributed by atoms with Crippen molar-refractivity contribution in [2.75, 3.05) is 16.2 Å². The Morgan fingerprint density at radius 2 is 1.51 bits per heavy atom. The van der Waals surface area contributed by atoms with E-state index in [1.54, 1.807) is 73.3 Å². The molecule has 4 aromatic rings. The smallest absolute Gasteiger partial charge is 0.295 e. The van der Waals surface area contributed by atoms with E-state index in [4.69, 9.17) is 11.6 Å². The number of sulfonamides is 1. The molecule has 0 atom stereocenters. The average molecular weight is 511 g/mol. The number of hydrogen-bond acceptors (Lipinski definition) is 4. The fourth-order valence-corrected chi connectivity index (χ4v) is 5.23. The van der Waals surface area contributed by atoms with Crippen molar-refractivity contribution in [2.45, 2.75) is 11.8 Å². The molecule has 0 unspecified atom stereocenters. The molecule has 3 aromatic carbocycles. The maximum Gasteiger partial charge on any atom is 0.295 e. The van der Waals surface area contributed by atoms with Gasteiger partial charge in [0.25, 0.3) is 15.6 Å². The van der Waals surface area contributed by atoms with Crippen LogP contribution in [0.5, 0.6) is 0 Å². The third kappa shape index (κ3) is 4.87. The third-order valence-electron chi connectivity index (χ3n) is 5.55. The van der Waals surface area contributed by atoms with E-state index in [2.05, 4.69) is 5.32 Å². The minimum Gasteiger partial charge on any atom is -0.318 e. The van der Waals surface area contributed by atoms with Crippen LogP contribution < -0.4 is 15.2 Å². The van der Waals surface area contributed by atoms with Crippen LogP contribution in [-0.4, -0.2) is 30.2 Å². The molecular formula is C25H23ClN4O4S. The molecule has 35 heavy (non-hydrogen) atoms. The first-order valence-electron chi connectivity index (χ1n) is 10.7. The van der Waals surface area contributed by atoms with Gasteiger partial charge in [0.2, 0.25) is 5.91 Å². The van der Waals surface area contributed by atoms with Crippen LogP contribution in [-0.2, 0) is 21.9 Å². The first-order valence-corrected chi connectivity index (χ1v) is 12.5. The summed E-state index contributed by atoms with van der Waals surface area (Å²) in [7, 11) is -2.37. The van der Waals surface area contributed by atoms with Crippen LogP contribution in [0.1, 0.15) is 5.69 Å². The molecule has 4 rings (SSSR count). The lowest BCUT2D eigenvalue weighted by atomic mass is 10.3. The van der Waals surface area contributed by atoms with Crippen LogP contribution in [0.3, 0.4) is 0 Å². The molecule has 0 aliphatic heterocycles. The van der Waals surface area contributed by atoms with Crippen LogP contribution in [0, 0.1) is 6.92 Å². The zero-order valence-electron chi connectivity index (χ0n) is 19.1. The van der Waals surface area contributed by atoms with Gasteiger partial charge in [-0.1, -0.05) is 48.0 Å². The molecule has 180 valence electrons. The maximum atomic E-state index is 13.4. The Hall–Kier alpha value is -3.82. The van der Waals surface area contributed by atoms with Crippen molar-refractivity contribution in [3.63, 3.8) is 0 Å². The summed E-state index contributed by atoms with van der Waals surface area (Å²) < 4.78 is 30.9. The number of hydrogen-bond donors (Lipinski definition) is 1. The van der Waals surface area contributed by atoms with Crippen molar-refractivity contribution in [1.82, 2.24) is 9.36 Å². The van der Waals surface area contributed by atoms with Crippen LogP contribution in [0.4, 0.5) is 11.4 Å². The van der Waals surface area contributed by atoms with E-state index in [0.717, 1.165) is 4.31 Å². The number of amides is 1. The Kier molecular flexibility index (Phi) is 6.81. The second-order valence-corrected chi connectivity index (χ2v) is 10.1. The Bertz CT molecular complexity index is 1510. The number of nitrogens with one attached hydrogen (secondary N) is 1. The van der Waals surface area contributed by atoms with Gasteiger partial charge in [-0.3, -0.25) is 18.6 Å². The number of carbonyl (C=O) groups excluding carboxylic acids is 1. The van der Waals surface area contributed by atoms with Crippen molar-refractivity contribution >= 4 is 38.9 Å². The van der Waals surface area contributed by atoms with Gasteiger partial charge in [-0.25, -0.2) is 13.1 Å². The van der Waals surface area contributed by atoms with Crippen molar-refractivity contribution < 1.29 is 13.2 Å². The van der Waals surface area contributed by atoms with Gasteiger partial charge in [0.1, 0.15) is 12.2 Å². The highest BCUT2D eigenvalue weighted by atomic mass is 35.5. The molecule has 0 fully saturated rings. The molecule has 0 saturated carbocycles. The first kappa shape index (κ1) is 24.3. The number of para-hydroxylation sites is 1. The Morgan fingerprint density at radius 1 is 0.943 bits per heavy atom. The van der Waals surface area contributed by atoms with Crippen molar-refractivity contribution in [3.8, 4) is 5.69 Å². The molecule has 0 aliphatic carbocycles. The summed E-state index contributed by atoms with van der Waals surface area (Å²) in [6.45, 7) is 1.16. The number of rotatable bonds is 7. The van der Waals surface area contributed by atoms with Gasteiger partial charge in [-0.2, -0.15) is 0 Å². The highest BCUT2D eigenvalue weighted by molar-refractivity contribution is 7.92. The van der Waals surface area contributed by atoms with Gasteiger partial charge in [0, 0.05) is 12.1 Å². The second kappa shape index (κ2) is 9.81. The molecule has 1 heterocycles. The van der Waals surface area contributed by atoms with Crippen LogP contribution in [0.15, 0.2) is 94.6 Å². The summed E-state index contributed by atoms with van der Waals surface area (Å²) in [6.07, 6.45) is 0. The Labute approximate surface area is 208 Å². The van der Waals surface area contributed by atoms with Crippen molar-refractivity contribution in [1.29, 1.82) is 0 Å². The van der Waals surface area contributed by atoms with Crippen LogP contribution in [0.2, 0.25) is 5.02 Å². The molecule has 0 bridgehead atoms. The molecule has 1 aromatic heterocycles. The number of benzene rings is 3. The van der Waals surface area contributed by atoms with E-state index >= 15 is 0 Å². The van der Waals surface area contributed by atoms with Gasteiger partial charge < -0.3 is 5.32 Å². The normalized spacial score (nSPS) is 11.3. The number of aromatic nitrogens is 2. The predicted octanol–water partition coefficient (Wildman–Crippen LogP) is 3.97. The molecular weight excluding hydrogens is 488 g/mol. The highest BCUT2D eigenvalue weighted by Gasteiger charge is 2.28. The fourth-order valence-electron chi connectivity index (χ4n) is 3.66. The summed E-state index contributed by atoms with van der Waals surface area (Å²) in [5.74, 6) is -0.662. The van der Waals surface area contributed by atoms with E-state index in [-0.39, 0.29) is 16.3 Å². The minimum absolute atomic E-state index is 0.0325. The quantitative estimate of drug-likeness (QED) is 0.407. The van der Waals surface area contributed by atoms with Gasteiger partial charge in [-0.05, 0) is 55.5 Å². The maximum absolute atomic E-state index is 13.4. The van der Waals surface area contributed by atoms with Crippen molar-refractivity contribution in [2.24, 2.45) is 7.05 Å². The molecule has 1 amide bonds. The monoisotopic (exact) mass is 510 g/mol.